The van der Waals surface area contributed by atoms with Gasteiger partial charge < -0.3 is 9.64 Å². The molecule has 2 heterocycles. The van der Waals surface area contributed by atoms with E-state index < -0.39 is 0 Å². The number of likely N-dealkylation sites (tertiary alicyclic amines) is 1. The zero-order valence-electron chi connectivity index (χ0n) is 10.6. The molecule has 4 nitrogen and oxygen atoms in total. The van der Waals surface area contributed by atoms with Gasteiger partial charge in [-0.05, 0) is 31.9 Å². The highest BCUT2D eigenvalue weighted by Crippen LogP contribution is 2.16. The molecule has 1 aliphatic heterocycles. The van der Waals surface area contributed by atoms with Gasteiger partial charge in [0, 0.05) is 32.1 Å². The Morgan fingerprint density at radius 3 is 2.88 bits per heavy atom. The van der Waals surface area contributed by atoms with Gasteiger partial charge in [0.15, 0.2) is 0 Å². The van der Waals surface area contributed by atoms with Crippen LogP contribution < -0.4 is 0 Å². The van der Waals surface area contributed by atoms with E-state index in [2.05, 4.69) is 4.98 Å². The quantitative estimate of drug-likeness (QED) is 0.780. The maximum Gasteiger partial charge on any atom is 0.255 e. The molecule has 0 spiro atoms. The summed E-state index contributed by atoms with van der Waals surface area (Å²) in [6, 6.07) is 1.91. The molecule has 0 radical (unpaired) electrons. The zero-order valence-corrected chi connectivity index (χ0v) is 10.6. The Morgan fingerprint density at radius 2 is 2.29 bits per heavy atom. The minimum Gasteiger partial charge on any atom is -0.380 e. The number of aryl methyl sites for hydroxylation is 2. The Hall–Kier alpha value is -1.42. The highest BCUT2D eigenvalue weighted by molar-refractivity contribution is 5.94. The zero-order chi connectivity index (χ0) is 12.4. The molecule has 1 aromatic heterocycles. The van der Waals surface area contributed by atoms with Crippen LogP contribution in [0, 0.1) is 13.8 Å². The summed E-state index contributed by atoms with van der Waals surface area (Å²) < 4.78 is 5.26. The van der Waals surface area contributed by atoms with E-state index in [1.165, 1.54) is 0 Å². The van der Waals surface area contributed by atoms with Gasteiger partial charge in [-0.1, -0.05) is 0 Å². The molecule has 1 aliphatic rings. The summed E-state index contributed by atoms with van der Waals surface area (Å²) in [5.74, 6) is 0.0557. The number of hydrogen-bond donors (Lipinski definition) is 0. The molecule has 1 atom stereocenters. The number of ether oxygens (including phenoxy) is 1. The number of nitrogens with zero attached hydrogens (tertiary/aromatic N) is 2. The third kappa shape index (κ3) is 2.47. The van der Waals surface area contributed by atoms with Crippen LogP contribution >= 0.6 is 0 Å². The number of rotatable bonds is 2. The van der Waals surface area contributed by atoms with E-state index in [0.717, 1.165) is 24.2 Å². The van der Waals surface area contributed by atoms with Crippen LogP contribution in [0.25, 0.3) is 0 Å². The van der Waals surface area contributed by atoms with Gasteiger partial charge in [-0.25, -0.2) is 0 Å². The second-order valence-corrected chi connectivity index (χ2v) is 4.52. The van der Waals surface area contributed by atoms with Crippen molar-refractivity contribution >= 4 is 5.91 Å². The number of carbonyl (C=O) groups excluding carboxylic acids is 1. The van der Waals surface area contributed by atoms with Crippen molar-refractivity contribution in [3.05, 3.63) is 29.1 Å². The number of pyridine rings is 1. The first-order chi connectivity index (χ1) is 8.11. The third-order valence-corrected chi connectivity index (χ3v) is 3.35. The van der Waals surface area contributed by atoms with Crippen molar-refractivity contribution in [3.63, 3.8) is 0 Å². The van der Waals surface area contributed by atoms with E-state index in [9.17, 15) is 4.79 Å². The number of carbonyl (C=O) groups is 1. The molecule has 1 aromatic rings. The number of hydrogen-bond acceptors (Lipinski definition) is 3. The van der Waals surface area contributed by atoms with E-state index in [-0.39, 0.29) is 12.0 Å². The van der Waals surface area contributed by atoms with Gasteiger partial charge >= 0.3 is 0 Å². The molecule has 0 bridgehead atoms. The molecule has 17 heavy (non-hydrogen) atoms. The lowest BCUT2D eigenvalue weighted by atomic mass is 10.1. The molecule has 1 amide bonds. The first-order valence-electron chi connectivity index (χ1n) is 5.87. The summed E-state index contributed by atoms with van der Waals surface area (Å²) in [4.78, 5) is 18.3. The molecule has 1 fully saturated rings. The summed E-state index contributed by atoms with van der Waals surface area (Å²) in [5.41, 5.74) is 2.70. The molecular weight excluding hydrogens is 216 g/mol. The SMILES string of the molecule is CO[C@H]1CCN(C(=O)c2cnc(C)c(C)c2)C1. The van der Waals surface area contributed by atoms with Crippen LogP contribution in [0.3, 0.4) is 0 Å². The standard InChI is InChI=1S/C13H18N2O2/c1-9-6-11(7-14-10(9)2)13(16)15-5-4-12(8-15)17-3/h6-7,12H,4-5,8H2,1-3H3/t12-/m0/s1. The van der Waals surface area contributed by atoms with Gasteiger partial charge in [0.1, 0.15) is 0 Å². The van der Waals surface area contributed by atoms with Crippen molar-refractivity contribution in [2.75, 3.05) is 20.2 Å². The second kappa shape index (κ2) is 4.84. The van der Waals surface area contributed by atoms with Crippen molar-refractivity contribution in [1.29, 1.82) is 0 Å². The van der Waals surface area contributed by atoms with Gasteiger partial charge in [-0.2, -0.15) is 0 Å². The maximum atomic E-state index is 12.2. The average Bonchev–Trinajstić information content (AvgIpc) is 2.80. The fourth-order valence-electron chi connectivity index (χ4n) is 2.05. The van der Waals surface area contributed by atoms with Crippen LogP contribution in [0.1, 0.15) is 28.0 Å². The van der Waals surface area contributed by atoms with Crippen LogP contribution in [0.5, 0.6) is 0 Å². The lowest BCUT2D eigenvalue weighted by Gasteiger charge is -2.16. The van der Waals surface area contributed by atoms with Crippen molar-refractivity contribution in [2.45, 2.75) is 26.4 Å². The lowest BCUT2D eigenvalue weighted by Crippen LogP contribution is -2.30. The van der Waals surface area contributed by atoms with Crippen LogP contribution in [-0.2, 0) is 4.74 Å². The van der Waals surface area contributed by atoms with E-state index in [0.29, 0.717) is 12.1 Å². The fourth-order valence-corrected chi connectivity index (χ4v) is 2.05. The molecule has 0 aliphatic carbocycles. The Balaban J connectivity index is 2.12. The van der Waals surface area contributed by atoms with Crippen LogP contribution in [0.4, 0.5) is 0 Å². The highest BCUT2D eigenvalue weighted by atomic mass is 16.5. The summed E-state index contributed by atoms with van der Waals surface area (Å²) in [6.07, 6.45) is 2.75. The lowest BCUT2D eigenvalue weighted by molar-refractivity contribution is 0.0723. The van der Waals surface area contributed by atoms with Crippen molar-refractivity contribution < 1.29 is 9.53 Å². The van der Waals surface area contributed by atoms with Crippen molar-refractivity contribution in [3.8, 4) is 0 Å². The van der Waals surface area contributed by atoms with E-state index in [4.69, 9.17) is 4.74 Å². The average molecular weight is 234 g/mol. The molecule has 4 heteroatoms. The molecule has 0 saturated carbocycles. The molecular formula is C13H18N2O2. The largest absolute Gasteiger partial charge is 0.380 e. The summed E-state index contributed by atoms with van der Waals surface area (Å²) in [5, 5.41) is 0. The summed E-state index contributed by atoms with van der Waals surface area (Å²) in [6.45, 7) is 5.37. The third-order valence-electron chi connectivity index (χ3n) is 3.35. The Labute approximate surface area is 102 Å². The number of aromatic nitrogens is 1. The number of amides is 1. The normalized spacial score (nSPS) is 19.7. The Kier molecular flexibility index (Phi) is 3.43. The Morgan fingerprint density at radius 1 is 1.53 bits per heavy atom. The highest BCUT2D eigenvalue weighted by Gasteiger charge is 2.26. The molecule has 0 aromatic carbocycles. The topological polar surface area (TPSA) is 42.4 Å². The summed E-state index contributed by atoms with van der Waals surface area (Å²) in [7, 11) is 1.69. The molecule has 1 saturated heterocycles. The fraction of sp³-hybridized carbons (Fsp3) is 0.538. The van der Waals surface area contributed by atoms with Gasteiger partial charge in [0.05, 0.1) is 11.7 Å². The molecule has 0 N–H and O–H groups in total. The van der Waals surface area contributed by atoms with E-state index in [1.54, 1.807) is 13.3 Å². The predicted octanol–water partition coefficient (Wildman–Crippen LogP) is 1.56. The maximum absolute atomic E-state index is 12.2. The smallest absolute Gasteiger partial charge is 0.255 e. The second-order valence-electron chi connectivity index (χ2n) is 4.52. The summed E-state index contributed by atoms with van der Waals surface area (Å²) >= 11 is 0. The first-order valence-corrected chi connectivity index (χ1v) is 5.87. The van der Waals surface area contributed by atoms with E-state index in [1.807, 2.05) is 24.8 Å². The minimum absolute atomic E-state index is 0.0557. The Bertz CT molecular complexity index is 431. The van der Waals surface area contributed by atoms with Gasteiger partial charge in [-0.3, -0.25) is 9.78 Å². The van der Waals surface area contributed by atoms with Crippen LogP contribution in [0.15, 0.2) is 12.3 Å². The van der Waals surface area contributed by atoms with Crippen LogP contribution in [-0.4, -0.2) is 42.1 Å². The van der Waals surface area contributed by atoms with Crippen molar-refractivity contribution in [2.24, 2.45) is 0 Å². The minimum atomic E-state index is 0.0557. The number of methoxy groups -OCH3 is 1. The van der Waals surface area contributed by atoms with E-state index >= 15 is 0 Å². The van der Waals surface area contributed by atoms with Gasteiger partial charge in [0.25, 0.3) is 5.91 Å². The van der Waals surface area contributed by atoms with Gasteiger partial charge in [-0.15, -0.1) is 0 Å². The molecule has 92 valence electrons. The first kappa shape index (κ1) is 12.0. The monoisotopic (exact) mass is 234 g/mol. The van der Waals surface area contributed by atoms with Crippen molar-refractivity contribution in [1.82, 2.24) is 9.88 Å². The molecule has 0 unspecified atom stereocenters. The van der Waals surface area contributed by atoms with Crippen LogP contribution in [0.2, 0.25) is 0 Å². The molecule has 2 rings (SSSR count). The van der Waals surface area contributed by atoms with Gasteiger partial charge in [0.2, 0.25) is 0 Å². The predicted molar refractivity (Wildman–Crippen MR) is 65.0 cm³/mol.